The van der Waals surface area contributed by atoms with Crippen molar-refractivity contribution in [2.45, 2.75) is 44.2 Å². The van der Waals surface area contributed by atoms with E-state index in [1.165, 1.54) is 0 Å². The number of aliphatic hydroxyl groups is 1. The summed E-state index contributed by atoms with van der Waals surface area (Å²) >= 11 is 12.2. The molecule has 0 unspecified atom stereocenters. The molecule has 0 aromatic heterocycles. The van der Waals surface area contributed by atoms with E-state index in [1.807, 2.05) is 0 Å². The molecule has 3 rings (SSSR count). The Morgan fingerprint density at radius 1 is 1.21 bits per heavy atom. The highest BCUT2D eigenvalue weighted by Crippen LogP contribution is 2.37. The van der Waals surface area contributed by atoms with Gasteiger partial charge in [0.25, 0.3) is 5.91 Å². The van der Waals surface area contributed by atoms with Crippen molar-refractivity contribution < 1.29 is 14.7 Å². The Kier molecular flexibility index (Phi) is 5.45. The fraction of sp³-hybridized carbons (Fsp3) is 0.529. The molecular weight excluding hydrogens is 351 g/mol. The van der Waals surface area contributed by atoms with Crippen LogP contribution in [0.15, 0.2) is 18.2 Å². The summed E-state index contributed by atoms with van der Waals surface area (Å²) in [7, 11) is 0. The summed E-state index contributed by atoms with van der Waals surface area (Å²) in [5.74, 6) is -0.517. The second-order valence-corrected chi connectivity index (χ2v) is 7.05. The summed E-state index contributed by atoms with van der Waals surface area (Å²) < 4.78 is 0. The number of benzene rings is 1. The van der Waals surface area contributed by atoms with Gasteiger partial charge in [-0.2, -0.15) is 0 Å². The fourth-order valence-corrected chi connectivity index (χ4v) is 4.07. The largest absolute Gasteiger partial charge is 0.396 e. The first-order chi connectivity index (χ1) is 11.5. The lowest BCUT2D eigenvalue weighted by Crippen LogP contribution is -2.50. The van der Waals surface area contributed by atoms with Crippen molar-refractivity contribution >= 4 is 40.7 Å². The monoisotopic (exact) mass is 370 g/mol. The predicted molar refractivity (Wildman–Crippen MR) is 93.4 cm³/mol. The molecule has 2 heterocycles. The van der Waals surface area contributed by atoms with Crippen molar-refractivity contribution in [1.29, 1.82) is 0 Å². The van der Waals surface area contributed by atoms with Gasteiger partial charge in [-0.05, 0) is 37.9 Å². The molecular formula is C17H20Cl2N2O3. The first kappa shape index (κ1) is 17.7. The molecule has 2 amide bonds. The zero-order valence-corrected chi connectivity index (χ0v) is 14.8. The number of halogens is 2. The van der Waals surface area contributed by atoms with E-state index in [9.17, 15) is 14.7 Å². The van der Waals surface area contributed by atoms with Gasteiger partial charge in [-0.3, -0.25) is 14.5 Å². The van der Waals surface area contributed by atoms with Crippen molar-refractivity contribution in [2.24, 2.45) is 0 Å². The summed E-state index contributed by atoms with van der Waals surface area (Å²) in [6.45, 7) is 0.853. The zero-order valence-electron chi connectivity index (χ0n) is 13.3. The highest BCUT2D eigenvalue weighted by Gasteiger charge is 2.45. The summed E-state index contributed by atoms with van der Waals surface area (Å²) in [4.78, 5) is 28.7. The Morgan fingerprint density at radius 2 is 2.00 bits per heavy atom. The number of anilines is 1. The molecule has 1 aromatic carbocycles. The predicted octanol–water partition coefficient (Wildman–Crippen LogP) is 2.86. The van der Waals surface area contributed by atoms with Gasteiger partial charge < -0.3 is 5.11 Å². The summed E-state index contributed by atoms with van der Waals surface area (Å²) in [6, 6.07) is 4.59. The molecule has 5 nitrogen and oxygen atoms in total. The van der Waals surface area contributed by atoms with Gasteiger partial charge in [0, 0.05) is 12.6 Å². The van der Waals surface area contributed by atoms with Crippen molar-refractivity contribution in [1.82, 2.24) is 4.90 Å². The van der Waals surface area contributed by atoms with Crippen LogP contribution in [0.5, 0.6) is 0 Å². The minimum Gasteiger partial charge on any atom is -0.396 e. The lowest BCUT2D eigenvalue weighted by Gasteiger charge is -2.38. The maximum Gasteiger partial charge on any atom is 0.251 e. The topological polar surface area (TPSA) is 60.9 Å². The van der Waals surface area contributed by atoms with Crippen LogP contribution < -0.4 is 4.90 Å². The first-order valence-electron chi connectivity index (χ1n) is 8.22. The molecule has 0 aliphatic carbocycles. The Morgan fingerprint density at radius 3 is 2.75 bits per heavy atom. The van der Waals surface area contributed by atoms with E-state index in [1.54, 1.807) is 18.2 Å². The van der Waals surface area contributed by atoms with E-state index < -0.39 is 6.04 Å². The number of carbonyl (C=O) groups is 2. The molecule has 0 bridgehead atoms. The first-order valence-corrected chi connectivity index (χ1v) is 8.97. The molecule has 2 atom stereocenters. The van der Waals surface area contributed by atoms with Crippen LogP contribution >= 0.6 is 23.2 Å². The molecule has 0 radical (unpaired) electrons. The number of likely N-dealkylation sites (tertiary alicyclic amines) is 1. The number of hydrogen-bond donors (Lipinski definition) is 1. The number of rotatable bonds is 4. The highest BCUT2D eigenvalue weighted by atomic mass is 35.5. The second-order valence-electron chi connectivity index (χ2n) is 6.26. The number of amides is 2. The SMILES string of the molecule is O=C1C[C@@H](N2CCCC[C@H]2CCO)C(=O)N1c1cccc(Cl)c1Cl. The minimum absolute atomic E-state index is 0.0832. The van der Waals surface area contributed by atoms with Gasteiger partial charge in [-0.1, -0.05) is 35.7 Å². The Hall–Kier alpha value is -1.14. The molecule has 1 N–H and O–H groups in total. The van der Waals surface area contributed by atoms with E-state index >= 15 is 0 Å². The summed E-state index contributed by atoms with van der Waals surface area (Å²) in [5.41, 5.74) is 0.345. The smallest absolute Gasteiger partial charge is 0.251 e. The lowest BCUT2D eigenvalue weighted by molar-refractivity contribution is -0.123. The molecule has 0 saturated carbocycles. The molecule has 24 heavy (non-hydrogen) atoms. The van der Waals surface area contributed by atoms with Gasteiger partial charge in [0.1, 0.15) is 0 Å². The van der Waals surface area contributed by atoms with Gasteiger partial charge in [0.15, 0.2) is 0 Å². The van der Waals surface area contributed by atoms with Gasteiger partial charge in [-0.15, -0.1) is 0 Å². The third-order valence-electron chi connectivity index (χ3n) is 4.83. The Bertz CT molecular complexity index is 651. The quantitative estimate of drug-likeness (QED) is 0.827. The zero-order chi connectivity index (χ0) is 17.3. The minimum atomic E-state index is -0.482. The van der Waals surface area contributed by atoms with E-state index in [0.29, 0.717) is 17.1 Å². The van der Waals surface area contributed by atoms with Crippen LogP contribution in [0, 0.1) is 0 Å². The lowest BCUT2D eigenvalue weighted by atomic mass is 9.97. The van der Waals surface area contributed by atoms with E-state index in [2.05, 4.69) is 4.90 Å². The molecule has 0 spiro atoms. The van der Waals surface area contributed by atoms with Gasteiger partial charge >= 0.3 is 0 Å². The standard InChI is InChI=1S/C17H20Cl2N2O3/c18-12-5-3-6-13(16(12)19)21-15(23)10-14(17(21)24)20-8-2-1-4-11(20)7-9-22/h3,5-6,11,14,22H,1-2,4,7-10H2/t11-,14+/m0/s1. The van der Waals surface area contributed by atoms with Gasteiger partial charge in [0.05, 0.1) is 28.2 Å². The fourth-order valence-electron chi connectivity index (χ4n) is 3.69. The van der Waals surface area contributed by atoms with E-state index in [-0.39, 0.29) is 35.9 Å². The van der Waals surface area contributed by atoms with Gasteiger partial charge in [0.2, 0.25) is 5.91 Å². The average molecular weight is 371 g/mol. The van der Waals surface area contributed by atoms with Crippen LogP contribution in [0.1, 0.15) is 32.1 Å². The summed E-state index contributed by atoms with van der Waals surface area (Å²) in [5, 5.41) is 9.80. The van der Waals surface area contributed by atoms with Crippen molar-refractivity contribution in [3.63, 3.8) is 0 Å². The molecule has 7 heteroatoms. The van der Waals surface area contributed by atoms with Crippen LogP contribution in [-0.2, 0) is 9.59 Å². The van der Waals surface area contributed by atoms with Crippen LogP contribution in [0.25, 0.3) is 0 Å². The van der Waals surface area contributed by atoms with Crippen molar-refractivity contribution in [2.75, 3.05) is 18.1 Å². The molecule has 2 aliphatic rings. The number of nitrogens with zero attached hydrogens (tertiary/aromatic N) is 2. The van der Waals surface area contributed by atoms with E-state index in [0.717, 1.165) is 30.7 Å². The number of piperidine rings is 1. The Balaban J connectivity index is 1.87. The number of imide groups is 1. The Labute approximate surface area is 151 Å². The third-order valence-corrected chi connectivity index (χ3v) is 5.64. The average Bonchev–Trinajstić information content (AvgIpc) is 2.86. The maximum absolute atomic E-state index is 12.9. The van der Waals surface area contributed by atoms with Crippen LogP contribution in [-0.4, -0.2) is 47.1 Å². The molecule has 1 aromatic rings. The molecule has 2 saturated heterocycles. The van der Waals surface area contributed by atoms with Crippen LogP contribution in [0.2, 0.25) is 10.0 Å². The van der Waals surface area contributed by atoms with Crippen LogP contribution in [0.3, 0.4) is 0 Å². The highest BCUT2D eigenvalue weighted by molar-refractivity contribution is 6.44. The number of carbonyl (C=O) groups excluding carboxylic acids is 2. The van der Waals surface area contributed by atoms with Gasteiger partial charge in [-0.25, -0.2) is 4.90 Å². The van der Waals surface area contributed by atoms with Crippen molar-refractivity contribution in [3.05, 3.63) is 28.2 Å². The molecule has 2 aliphatic heterocycles. The van der Waals surface area contributed by atoms with E-state index in [4.69, 9.17) is 23.2 Å². The number of aliphatic hydroxyl groups excluding tert-OH is 1. The molecule has 130 valence electrons. The third kappa shape index (κ3) is 3.18. The van der Waals surface area contributed by atoms with Crippen molar-refractivity contribution in [3.8, 4) is 0 Å². The normalized spacial score (nSPS) is 25.5. The number of hydrogen-bond acceptors (Lipinski definition) is 4. The van der Waals surface area contributed by atoms with Crippen LogP contribution in [0.4, 0.5) is 5.69 Å². The summed E-state index contributed by atoms with van der Waals surface area (Å²) in [6.07, 6.45) is 3.79. The molecule has 2 fully saturated rings. The maximum atomic E-state index is 12.9. The second kappa shape index (κ2) is 7.40.